The predicted molar refractivity (Wildman–Crippen MR) is 52.4 cm³/mol. The van der Waals surface area contributed by atoms with Crippen molar-refractivity contribution >= 4 is 0 Å². The smallest absolute Gasteiger partial charge is 0.210 e. The minimum atomic E-state index is 0.345. The molecule has 0 aromatic carbocycles. The molecule has 0 bridgehead atoms. The van der Waals surface area contributed by atoms with Gasteiger partial charge in [0.2, 0.25) is 6.20 Å². The van der Waals surface area contributed by atoms with Crippen LogP contribution in [0.25, 0.3) is 0 Å². The molecule has 1 aromatic rings. The van der Waals surface area contributed by atoms with E-state index in [0.717, 1.165) is 6.54 Å². The Hall–Kier alpha value is -1.05. The van der Waals surface area contributed by atoms with Gasteiger partial charge < -0.3 is 5.11 Å². The molecule has 0 saturated carbocycles. The summed E-state index contributed by atoms with van der Waals surface area (Å²) in [4.78, 5) is 0. The number of aromatic nitrogens is 1. The lowest BCUT2D eigenvalue weighted by Gasteiger charge is -1.96. The highest BCUT2D eigenvalue weighted by Crippen LogP contribution is 2.02. The van der Waals surface area contributed by atoms with Crippen LogP contribution in [0.1, 0.15) is 32.6 Å². The second kappa shape index (κ2) is 5.57. The van der Waals surface area contributed by atoms with Gasteiger partial charge in [-0.3, -0.25) is 0 Å². The lowest BCUT2D eigenvalue weighted by Crippen LogP contribution is -2.32. The van der Waals surface area contributed by atoms with Gasteiger partial charge in [0.15, 0.2) is 11.9 Å². The number of hydrogen-bond acceptors (Lipinski definition) is 1. The van der Waals surface area contributed by atoms with E-state index in [-0.39, 0.29) is 0 Å². The third kappa shape index (κ3) is 3.92. The van der Waals surface area contributed by atoms with Crippen molar-refractivity contribution in [2.24, 2.45) is 0 Å². The number of rotatable bonds is 5. The molecule has 1 rings (SSSR count). The van der Waals surface area contributed by atoms with Crippen molar-refractivity contribution in [2.75, 3.05) is 0 Å². The summed E-state index contributed by atoms with van der Waals surface area (Å²) < 4.78 is 2.03. The van der Waals surface area contributed by atoms with E-state index in [4.69, 9.17) is 0 Å². The zero-order valence-electron chi connectivity index (χ0n) is 8.24. The Morgan fingerprint density at radius 2 is 2.15 bits per heavy atom. The summed E-state index contributed by atoms with van der Waals surface area (Å²) in [5.41, 5.74) is 0. The number of unbranched alkanes of at least 4 members (excludes halogenated alkanes) is 3. The van der Waals surface area contributed by atoms with Gasteiger partial charge in [-0.1, -0.05) is 19.8 Å². The summed E-state index contributed by atoms with van der Waals surface area (Å²) in [7, 11) is 0. The van der Waals surface area contributed by atoms with Gasteiger partial charge in [-0.25, -0.2) is 4.57 Å². The highest BCUT2D eigenvalue weighted by atomic mass is 16.3. The SMILES string of the molecule is CCCCCC[n+]1cccc(O)c1. The minimum Gasteiger partial charge on any atom is -0.503 e. The molecule has 0 unspecified atom stereocenters. The molecule has 1 heterocycles. The van der Waals surface area contributed by atoms with Crippen molar-refractivity contribution in [2.45, 2.75) is 39.2 Å². The van der Waals surface area contributed by atoms with E-state index in [2.05, 4.69) is 6.92 Å². The van der Waals surface area contributed by atoms with Gasteiger partial charge >= 0.3 is 0 Å². The number of aryl methyl sites for hydroxylation is 1. The van der Waals surface area contributed by atoms with Crippen molar-refractivity contribution in [1.29, 1.82) is 0 Å². The molecule has 2 heteroatoms. The third-order valence-corrected chi connectivity index (χ3v) is 2.11. The molecule has 1 aromatic heterocycles. The lowest BCUT2D eigenvalue weighted by atomic mass is 10.2. The fourth-order valence-electron chi connectivity index (χ4n) is 1.37. The Morgan fingerprint density at radius 3 is 2.85 bits per heavy atom. The summed E-state index contributed by atoms with van der Waals surface area (Å²) in [6.07, 6.45) is 8.81. The zero-order chi connectivity index (χ0) is 9.52. The van der Waals surface area contributed by atoms with Gasteiger partial charge in [0.25, 0.3) is 0 Å². The number of nitrogens with zero attached hydrogens (tertiary/aromatic N) is 1. The van der Waals surface area contributed by atoms with Gasteiger partial charge in [0, 0.05) is 12.5 Å². The quantitative estimate of drug-likeness (QED) is 0.545. The molecule has 13 heavy (non-hydrogen) atoms. The van der Waals surface area contributed by atoms with Crippen molar-refractivity contribution < 1.29 is 9.67 Å². The van der Waals surface area contributed by atoms with Crippen LogP contribution in [-0.4, -0.2) is 5.11 Å². The average Bonchev–Trinajstić information content (AvgIpc) is 2.13. The fraction of sp³-hybridized carbons (Fsp3) is 0.545. The Balaban J connectivity index is 2.28. The molecule has 0 aliphatic heterocycles. The minimum absolute atomic E-state index is 0.345. The molecule has 0 atom stereocenters. The molecule has 0 spiro atoms. The van der Waals surface area contributed by atoms with Crippen LogP contribution in [0.3, 0.4) is 0 Å². The van der Waals surface area contributed by atoms with Crippen LogP contribution in [0.15, 0.2) is 24.5 Å². The molecule has 0 radical (unpaired) electrons. The molecule has 0 aliphatic rings. The van der Waals surface area contributed by atoms with Gasteiger partial charge in [0.05, 0.1) is 0 Å². The van der Waals surface area contributed by atoms with Gasteiger partial charge in [-0.15, -0.1) is 0 Å². The summed E-state index contributed by atoms with van der Waals surface area (Å²) in [6, 6.07) is 3.57. The maximum atomic E-state index is 9.19. The molecular formula is C11H18NO+. The summed E-state index contributed by atoms with van der Waals surface area (Å²) in [5.74, 6) is 0.345. The van der Waals surface area contributed by atoms with Crippen LogP contribution < -0.4 is 4.57 Å². The monoisotopic (exact) mass is 180 g/mol. The first-order valence-corrected chi connectivity index (χ1v) is 5.01. The number of hydrogen-bond donors (Lipinski definition) is 1. The van der Waals surface area contributed by atoms with E-state index >= 15 is 0 Å². The van der Waals surface area contributed by atoms with Crippen LogP contribution in [0, 0.1) is 0 Å². The highest BCUT2D eigenvalue weighted by Gasteiger charge is 2.00. The van der Waals surface area contributed by atoms with Crippen molar-refractivity contribution in [3.63, 3.8) is 0 Å². The molecule has 0 saturated heterocycles. The van der Waals surface area contributed by atoms with E-state index < -0.39 is 0 Å². The molecule has 0 aliphatic carbocycles. The van der Waals surface area contributed by atoms with E-state index in [1.165, 1.54) is 25.7 Å². The van der Waals surface area contributed by atoms with E-state index in [1.807, 2.05) is 16.8 Å². The van der Waals surface area contributed by atoms with Gasteiger partial charge in [-0.05, 0) is 12.5 Å². The second-order valence-electron chi connectivity index (χ2n) is 3.36. The van der Waals surface area contributed by atoms with E-state index in [1.54, 1.807) is 12.3 Å². The fourth-order valence-corrected chi connectivity index (χ4v) is 1.37. The molecule has 1 N–H and O–H groups in total. The average molecular weight is 180 g/mol. The highest BCUT2D eigenvalue weighted by molar-refractivity contribution is 5.09. The summed E-state index contributed by atoms with van der Waals surface area (Å²) >= 11 is 0. The molecule has 72 valence electrons. The third-order valence-electron chi connectivity index (χ3n) is 2.11. The van der Waals surface area contributed by atoms with Crippen LogP contribution >= 0.6 is 0 Å². The molecule has 0 fully saturated rings. The first-order chi connectivity index (χ1) is 6.33. The molecule has 0 amide bonds. The molecular weight excluding hydrogens is 162 g/mol. The maximum absolute atomic E-state index is 9.19. The predicted octanol–water partition coefficient (Wildman–Crippen LogP) is 2.26. The van der Waals surface area contributed by atoms with Crippen LogP contribution in [0.4, 0.5) is 0 Å². The summed E-state index contributed by atoms with van der Waals surface area (Å²) in [6.45, 7) is 3.22. The standard InChI is InChI=1S/C11H17NO/c1-2-3-4-5-8-12-9-6-7-11(13)10-12/h6-7,9-10H,2-5,8H2,1H3/p+1. The number of pyridine rings is 1. The Morgan fingerprint density at radius 1 is 1.31 bits per heavy atom. The normalized spacial score (nSPS) is 10.2. The topological polar surface area (TPSA) is 24.1 Å². The largest absolute Gasteiger partial charge is 0.503 e. The Labute approximate surface area is 79.8 Å². The molecule has 2 nitrogen and oxygen atoms in total. The van der Waals surface area contributed by atoms with Gasteiger partial charge in [0.1, 0.15) is 6.54 Å². The van der Waals surface area contributed by atoms with Gasteiger partial charge in [-0.2, -0.15) is 0 Å². The first-order valence-electron chi connectivity index (χ1n) is 5.01. The Bertz CT molecular complexity index is 248. The van der Waals surface area contributed by atoms with Crippen molar-refractivity contribution in [3.05, 3.63) is 24.5 Å². The van der Waals surface area contributed by atoms with Crippen molar-refractivity contribution in [3.8, 4) is 5.75 Å². The van der Waals surface area contributed by atoms with Crippen LogP contribution in [0.2, 0.25) is 0 Å². The van der Waals surface area contributed by atoms with E-state index in [9.17, 15) is 5.11 Å². The lowest BCUT2D eigenvalue weighted by molar-refractivity contribution is -0.697. The first kappa shape index (κ1) is 10.0. The van der Waals surface area contributed by atoms with Crippen molar-refractivity contribution in [1.82, 2.24) is 0 Å². The van der Waals surface area contributed by atoms with Crippen LogP contribution in [0.5, 0.6) is 5.75 Å². The Kier molecular flexibility index (Phi) is 4.30. The number of aromatic hydroxyl groups is 1. The van der Waals surface area contributed by atoms with Crippen LogP contribution in [-0.2, 0) is 6.54 Å². The summed E-state index contributed by atoms with van der Waals surface area (Å²) in [5, 5.41) is 9.19. The second-order valence-corrected chi connectivity index (χ2v) is 3.36. The zero-order valence-corrected chi connectivity index (χ0v) is 8.24. The van der Waals surface area contributed by atoms with E-state index in [0.29, 0.717) is 5.75 Å². The maximum Gasteiger partial charge on any atom is 0.210 e.